The molecule has 3 rings (SSSR count). The first-order valence-corrected chi connectivity index (χ1v) is 9.87. The second-order valence-corrected chi connectivity index (χ2v) is 7.20. The largest absolute Gasteiger partial charge is 0.497 e. The summed E-state index contributed by atoms with van der Waals surface area (Å²) in [4.78, 5) is 28.0. The number of amides is 2. The van der Waals surface area contributed by atoms with Gasteiger partial charge in [-0.2, -0.15) is 0 Å². The zero-order valence-electron chi connectivity index (χ0n) is 16.3. The lowest BCUT2D eigenvalue weighted by molar-refractivity contribution is -0.117. The predicted molar refractivity (Wildman–Crippen MR) is 114 cm³/mol. The van der Waals surface area contributed by atoms with Gasteiger partial charge in [0.1, 0.15) is 11.5 Å². The number of hydrogen-bond donors (Lipinski definition) is 1. The molecule has 0 bridgehead atoms. The third-order valence-electron chi connectivity index (χ3n) is 4.33. The van der Waals surface area contributed by atoms with Crippen LogP contribution >= 0.6 is 11.3 Å². The van der Waals surface area contributed by atoms with Gasteiger partial charge in [0.25, 0.3) is 5.91 Å². The van der Waals surface area contributed by atoms with Crippen molar-refractivity contribution in [1.29, 1.82) is 0 Å². The fourth-order valence-electron chi connectivity index (χ4n) is 2.74. The van der Waals surface area contributed by atoms with E-state index in [9.17, 15) is 9.59 Å². The van der Waals surface area contributed by atoms with E-state index in [1.807, 2.05) is 29.6 Å². The molecule has 1 heterocycles. The van der Waals surface area contributed by atoms with Crippen LogP contribution in [0.2, 0.25) is 0 Å². The quantitative estimate of drug-likeness (QED) is 0.614. The summed E-state index contributed by atoms with van der Waals surface area (Å²) in [5.74, 6) is 0.863. The van der Waals surface area contributed by atoms with Gasteiger partial charge in [-0.3, -0.25) is 9.59 Å². The lowest BCUT2D eigenvalue weighted by Gasteiger charge is -2.23. The molecule has 0 saturated heterocycles. The Labute approximate surface area is 173 Å². The number of thiophene rings is 1. The molecule has 1 aromatic heterocycles. The summed E-state index contributed by atoms with van der Waals surface area (Å²) < 4.78 is 10.3. The minimum absolute atomic E-state index is 0.109. The van der Waals surface area contributed by atoms with Crippen molar-refractivity contribution in [2.24, 2.45) is 0 Å². The molecule has 2 aromatic carbocycles. The Morgan fingerprint density at radius 2 is 1.55 bits per heavy atom. The van der Waals surface area contributed by atoms with Crippen molar-refractivity contribution in [1.82, 2.24) is 5.32 Å². The van der Waals surface area contributed by atoms with Crippen LogP contribution in [0.5, 0.6) is 11.5 Å². The molecule has 0 aliphatic carbocycles. The summed E-state index contributed by atoms with van der Waals surface area (Å²) in [6.45, 7) is 0.323. The van der Waals surface area contributed by atoms with E-state index in [0.717, 1.165) is 10.6 Å². The molecule has 0 aliphatic rings. The van der Waals surface area contributed by atoms with E-state index in [-0.39, 0.29) is 18.4 Å². The standard InChI is InChI=1S/C22H22N2O4S/c1-27-18-9-5-16(6-10-18)22(26)23-14-21(25)24(15-20-4-3-13-29-20)17-7-11-19(28-2)12-8-17/h3-13H,14-15H2,1-2H3,(H,23,26). The van der Waals surface area contributed by atoms with Gasteiger partial charge in [-0.05, 0) is 60.0 Å². The van der Waals surface area contributed by atoms with Gasteiger partial charge in [0.05, 0.1) is 27.3 Å². The molecule has 7 heteroatoms. The van der Waals surface area contributed by atoms with Gasteiger partial charge in [0, 0.05) is 16.1 Å². The van der Waals surface area contributed by atoms with Gasteiger partial charge >= 0.3 is 0 Å². The molecule has 150 valence electrons. The number of benzene rings is 2. The van der Waals surface area contributed by atoms with Gasteiger partial charge in [-0.1, -0.05) is 6.07 Å². The molecule has 6 nitrogen and oxygen atoms in total. The van der Waals surface area contributed by atoms with Crippen LogP contribution in [-0.4, -0.2) is 32.6 Å². The van der Waals surface area contributed by atoms with E-state index in [2.05, 4.69) is 5.32 Å². The molecule has 0 unspecified atom stereocenters. The number of methoxy groups -OCH3 is 2. The maximum atomic E-state index is 12.9. The van der Waals surface area contributed by atoms with Crippen LogP contribution in [0, 0.1) is 0 Å². The number of ether oxygens (including phenoxy) is 2. The van der Waals surface area contributed by atoms with Crippen molar-refractivity contribution >= 4 is 28.8 Å². The number of nitrogens with one attached hydrogen (secondary N) is 1. The minimum Gasteiger partial charge on any atom is -0.497 e. The molecule has 0 radical (unpaired) electrons. The zero-order valence-corrected chi connectivity index (χ0v) is 17.1. The second kappa shape index (κ2) is 9.75. The Kier molecular flexibility index (Phi) is 6.86. The van der Waals surface area contributed by atoms with Crippen molar-refractivity contribution in [3.63, 3.8) is 0 Å². The summed E-state index contributed by atoms with van der Waals surface area (Å²) in [6.07, 6.45) is 0. The van der Waals surface area contributed by atoms with Crippen LogP contribution in [-0.2, 0) is 11.3 Å². The molecule has 0 fully saturated rings. The summed E-state index contributed by atoms with van der Waals surface area (Å²) in [6, 6.07) is 17.9. The molecule has 29 heavy (non-hydrogen) atoms. The van der Waals surface area contributed by atoms with E-state index in [4.69, 9.17) is 9.47 Å². The Morgan fingerprint density at radius 1 is 0.931 bits per heavy atom. The molecule has 0 aliphatic heterocycles. The number of nitrogens with zero attached hydrogens (tertiary/aromatic N) is 1. The smallest absolute Gasteiger partial charge is 0.251 e. The minimum atomic E-state index is -0.313. The van der Waals surface area contributed by atoms with Crippen molar-refractivity contribution < 1.29 is 19.1 Å². The SMILES string of the molecule is COc1ccc(C(=O)NCC(=O)N(Cc2cccs2)c2ccc(OC)cc2)cc1. The summed E-state index contributed by atoms with van der Waals surface area (Å²) in [5.41, 5.74) is 1.20. The number of carbonyl (C=O) groups is 2. The van der Waals surface area contributed by atoms with Crippen molar-refractivity contribution in [2.75, 3.05) is 25.7 Å². The van der Waals surface area contributed by atoms with Crippen LogP contribution in [0.25, 0.3) is 0 Å². The predicted octanol–water partition coefficient (Wildman–Crippen LogP) is 3.73. The fourth-order valence-corrected chi connectivity index (χ4v) is 3.43. The first kappa shape index (κ1) is 20.4. The monoisotopic (exact) mass is 410 g/mol. The molecular formula is C22H22N2O4S. The number of anilines is 1. The van der Waals surface area contributed by atoms with Crippen LogP contribution in [0.15, 0.2) is 66.0 Å². The zero-order chi connectivity index (χ0) is 20.6. The summed E-state index contributed by atoms with van der Waals surface area (Å²) >= 11 is 1.58. The number of carbonyl (C=O) groups excluding carboxylic acids is 2. The molecule has 0 spiro atoms. The van der Waals surface area contributed by atoms with Crippen molar-refractivity contribution in [3.8, 4) is 11.5 Å². The molecule has 0 saturated carbocycles. The summed E-state index contributed by atoms with van der Waals surface area (Å²) in [7, 11) is 3.16. The number of rotatable bonds is 8. The fraction of sp³-hybridized carbons (Fsp3) is 0.182. The van der Waals surface area contributed by atoms with Gasteiger partial charge in [-0.15, -0.1) is 11.3 Å². The van der Waals surface area contributed by atoms with Crippen LogP contribution < -0.4 is 19.7 Å². The maximum absolute atomic E-state index is 12.9. The summed E-state index contributed by atoms with van der Waals surface area (Å²) in [5, 5.41) is 4.67. The van der Waals surface area contributed by atoms with Crippen molar-refractivity contribution in [2.45, 2.75) is 6.54 Å². The third-order valence-corrected chi connectivity index (χ3v) is 5.19. The number of hydrogen-bond acceptors (Lipinski definition) is 5. The van der Waals surface area contributed by atoms with Crippen LogP contribution in [0.1, 0.15) is 15.2 Å². The van der Waals surface area contributed by atoms with Gasteiger partial charge < -0.3 is 19.7 Å². The second-order valence-electron chi connectivity index (χ2n) is 6.17. The van der Waals surface area contributed by atoms with E-state index >= 15 is 0 Å². The Balaban J connectivity index is 1.70. The first-order chi connectivity index (χ1) is 14.1. The molecule has 3 aromatic rings. The topological polar surface area (TPSA) is 67.9 Å². The van der Waals surface area contributed by atoms with E-state index in [1.165, 1.54) is 0 Å². The Morgan fingerprint density at radius 3 is 2.10 bits per heavy atom. The first-order valence-electron chi connectivity index (χ1n) is 8.99. The Hall–Kier alpha value is -3.32. The molecule has 0 atom stereocenters. The average molecular weight is 410 g/mol. The normalized spacial score (nSPS) is 10.3. The van der Waals surface area contributed by atoms with Gasteiger partial charge in [0.2, 0.25) is 5.91 Å². The molecule has 1 N–H and O–H groups in total. The van der Waals surface area contributed by atoms with Gasteiger partial charge in [0.15, 0.2) is 0 Å². The highest BCUT2D eigenvalue weighted by atomic mass is 32.1. The lowest BCUT2D eigenvalue weighted by Crippen LogP contribution is -2.39. The highest BCUT2D eigenvalue weighted by molar-refractivity contribution is 7.09. The molecular weight excluding hydrogens is 388 g/mol. The van der Waals surface area contributed by atoms with E-state index in [1.54, 1.807) is 66.9 Å². The van der Waals surface area contributed by atoms with Crippen LogP contribution in [0.4, 0.5) is 5.69 Å². The highest BCUT2D eigenvalue weighted by Crippen LogP contribution is 2.23. The highest BCUT2D eigenvalue weighted by Gasteiger charge is 2.18. The maximum Gasteiger partial charge on any atom is 0.251 e. The third kappa shape index (κ3) is 5.36. The van der Waals surface area contributed by atoms with Crippen LogP contribution in [0.3, 0.4) is 0 Å². The van der Waals surface area contributed by atoms with E-state index in [0.29, 0.717) is 23.6 Å². The van der Waals surface area contributed by atoms with E-state index < -0.39 is 0 Å². The molecule has 2 amide bonds. The lowest BCUT2D eigenvalue weighted by atomic mass is 10.2. The van der Waals surface area contributed by atoms with Gasteiger partial charge in [-0.25, -0.2) is 0 Å². The Bertz CT molecular complexity index is 938. The average Bonchev–Trinajstić information content (AvgIpc) is 3.29. The van der Waals surface area contributed by atoms with Crippen molar-refractivity contribution in [3.05, 3.63) is 76.5 Å².